The Kier molecular flexibility index (Phi) is 5.37. The van der Waals surface area contributed by atoms with Gasteiger partial charge in [-0.25, -0.2) is 9.97 Å². The van der Waals surface area contributed by atoms with E-state index in [1.165, 1.54) is 0 Å². The number of imidazole rings is 1. The van der Waals surface area contributed by atoms with Crippen LogP contribution in [0.3, 0.4) is 0 Å². The van der Waals surface area contributed by atoms with E-state index in [1.807, 2.05) is 53.6 Å². The summed E-state index contributed by atoms with van der Waals surface area (Å²) in [6.45, 7) is 3.88. The van der Waals surface area contributed by atoms with Crippen LogP contribution in [0.15, 0.2) is 53.2 Å². The number of nitrogens with zero attached hydrogens (tertiary/aromatic N) is 5. The van der Waals surface area contributed by atoms with Gasteiger partial charge in [-0.15, -0.1) is 0 Å². The standard InChI is InChI=1S/C26H27N5O3/c1-17-22(23(29-34-17)18-7-3-2-4-8-18)26(32)30-14-11-19(12-15-30)31-24-20(9-5-13-27-24)28-25(31)21-10-6-16-33-21/h2-5,7-9,13,19,21H,6,10-12,14-16H2,1H3/t21-/m0/s1. The lowest BCUT2D eigenvalue weighted by atomic mass is 10.0. The molecule has 0 N–H and O–H groups in total. The molecular formula is C26H27N5O3. The van der Waals surface area contributed by atoms with E-state index >= 15 is 0 Å². The molecular weight excluding hydrogens is 430 g/mol. The van der Waals surface area contributed by atoms with Crippen molar-refractivity contribution in [3.8, 4) is 11.3 Å². The molecule has 4 aromatic rings. The number of aryl methyl sites for hydroxylation is 1. The first-order valence-electron chi connectivity index (χ1n) is 12.0. The van der Waals surface area contributed by atoms with Gasteiger partial charge in [-0.2, -0.15) is 0 Å². The number of hydrogen-bond acceptors (Lipinski definition) is 6. The van der Waals surface area contributed by atoms with Crippen molar-refractivity contribution in [3.05, 3.63) is 65.8 Å². The molecule has 5 heterocycles. The largest absolute Gasteiger partial charge is 0.370 e. The summed E-state index contributed by atoms with van der Waals surface area (Å²) >= 11 is 0. The van der Waals surface area contributed by atoms with Gasteiger partial charge in [0.1, 0.15) is 34.5 Å². The Bertz CT molecular complexity index is 1310. The number of carbonyl (C=O) groups is 1. The van der Waals surface area contributed by atoms with Crippen molar-refractivity contribution >= 4 is 17.1 Å². The smallest absolute Gasteiger partial charge is 0.259 e. The van der Waals surface area contributed by atoms with Crippen molar-refractivity contribution in [2.75, 3.05) is 19.7 Å². The monoisotopic (exact) mass is 457 g/mol. The van der Waals surface area contributed by atoms with Gasteiger partial charge < -0.3 is 18.7 Å². The number of hydrogen-bond donors (Lipinski definition) is 0. The summed E-state index contributed by atoms with van der Waals surface area (Å²) < 4.78 is 13.7. The molecule has 174 valence electrons. The van der Waals surface area contributed by atoms with Gasteiger partial charge in [-0.3, -0.25) is 4.79 Å². The van der Waals surface area contributed by atoms with Gasteiger partial charge >= 0.3 is 0 Å². The highest BCUT2D eigenvalue weighted by atomic mass is 16.5. The second-order valence-electron chi connectivity index (χ2n) is 9.04. The number of aromatic nitrogens is 4. The third-order valence-electron chi connectivity index (χ3n) is 6.93. The normalized spacial score (nSPS) is 19.2. The lowest BCUT2D eigenvalue weighted by molar-refractivity contribution is 0.0681. The molecule has 1 amide bonds. The van der Waals surface area contributed by atoms with Crippen LogP contribution in [0.25, 0.3) is 22.4 Å². The van der Waals surface area contributed by atoms with Crippen molar-refractivity contribution in [3.63, 3.8) is 0 Å². The zero-order valence-corrected chi connectivity index (χ0v) is 19.2. The van der Waals surface area contributed by atoms with Crippen LogP contribution in [0.2, 0.25) is 0 Å². The third kappa shape index (κ3) is 3.58. The summed E-state index contributed by atoms with van der Waals surface area (Å²) in [6, 6.07) is 13.9. The number of ether oxygens (including phenoxy) is 1. The third-order valence-corrected chi connectivity index (χ3v) is 6.93. The van der Waals surface area contributed by atoms with Crippen LogP contribution in [0.5, 0.6) is 0 Å². The van der Waals surface area contributed by atoms with Crippen LogP contribution < -0.4 is 0 Å². The van der Waals surface area contributed by atoms with E-state index in [0.717, 1.165) is 54.8 Å². The van der Waals surface area contributed by atoms with Crippen molar-refractivity contribution in [2.45, 2.75) is 44.8 Å². The maximum absolute atomic E-state index is 13.5. The Morgan fingerprint density at radius 2 is 1.88 bits per heavy atom. The minimum absolute atomic E-state index is 0.0157. The van der Waals surface area contributed by atoms with E-state index in [0.29, 0.717) is 30.1 Å². The molecule has 8 nitrogen and oxygen atoms in total. The van der Waals surface area contributed by atoms with Crippen LogP contribution in [-0.4, -0.2) is 50.2 Å². The Balaban J connectivity index is 1.25. The minimum atomic E-state index is -0.0241. The van der Waals surface area contributed by atoms with Crippen molar-refractivity contribution in [1.29, 1.82) is 0 Å². The summed E-state index contributed by atoms with van der Waals surface area (Å²) in [4.78, 5) is 25.0. The fourth-order valence-electron chi connectivity index (χ4n) is 5.22. The number of amides is 1. The van der Waals surface area contributed by atoms with Crippen molar-refractivity contribution in [2.24, 2.45) is 0 Å². The lowest BCUT2D eigenvalue weighted by Crippen LogP contribution is -2.39. The number of likely N-dealkylation sites (tertiary alicyclic amines) is 1. The van der Waals surface area contributed by atoms with Gasteiger partial charge in [0.15, 0.2) is 5.65 Å². The molecule has 2 saturated heterocycles. The van der Waals surface area contributed by atoms with E-state index in [4.69, 9.17) is 14.2 Å². The van der Waals surface area contributed by atoms with Crippen LogP contribution in [-0.2, 0) is 4.74 Å². The predicted molar refractivity (Wildman–Crippen MR) is 126 cm³/mol. The summed E-state index contributed by atoms with van der Waals surface area (Å²) in [5, 5.41) is 4.19. The number of piperidine rings is 1. The van der Waals surface area contributed by atoms with E-state index in [9.17, 15) is 4.79 Å². The Hall–Kier alpha value is -3.52. The average Bonchev–Trinajstić information content (AvgIpc) is 3.62. The molecule has 3 aromatic heterocycles. The zero-order chi connectivity index (χ0) is 23.1. The first kappa shape index (κ1) is 21.0. The number of benzene rings is 1. The fraction of sp³-hybridized carbons (Fsp3) is 0.385. The first-order chi connectivity index (χ1) is 16.7. The highest BCUT2D eigenvalue weighted by Gasteiger charge is 2.33. The zero-order valence-electron chi connectivity index (χ0n) is 19.2. The summed E-state index contributed by atoms with van der Waals surface area (Å²) in [7, 11) is 0. The van der Waals surface area contributed by atoms with E-state index < -0.39 is 0 Å². The molecule has 0 saturated carbocycles. The molecule has 2 fully saturated rings. The average molecular weight is 458 g/mol. The van der Waals surface area contributed by atoms with Gasteiger partial charge in [-0.05, 0) is 44.7 Å². The Morgan fingerprint density at radius 1 is 1.06 bits per heavy atom. The predicted octanol–water partition coefficient (Wildman–Crippen LogP) is 4.72. The molecule has 34 heavy (non-hydrogen) atoms. The second kappa shape index (κ2) is 8.68. The van der Waals surface area contributed by atoms with E-state index in [1.54, 1.807) is 6.92 Å². The molecule has 2 aliphatic rings. The van der Waals surface area contributed by atoms with Crippen LogP contribution in [0.4, 0.5) is 0 Å². The quantitative estimate of drug-likeness (QED) is 0.441. The Morgan fingerprint density at radius 3 is 2.65 bits per heavy atom. The highest BCUT2D eigenvalue weighted by Crippen LogP contribution is 2.36. The molecule has 0 radical (unpaired) electrons. The second-order valence-corrected chi connectivity index (χ2v) is 9.04. The van der Waals surface area contributed by atoms with Gasteiger partial charge in [0, 0.05) is 37.5 Å². The molecule has 0 aliphatic carbocycles. The maximum atomic E-state index is 13.5. The van der Waals surface area contributed by atoms with Gasteiger partial charge in [0.2, 0.25) is 0 Å². The molecule has 6 rings (SSSR count). The molecule has 1 aromatic carbocycles. The lowest BCUT2D eigenvalue weighted by Gasteiger charge is -2.33. The molecule has 0 bridgehead atoms. The fourth-order valence-corrected chi connectivity index (χ4v) is 5.22. The molecule has 0 spiro atoms. The Labute approximate surface area is 197 Å². The summed E-state index contributed by atoms with van der Waals surface area (Å²) in [5.41, 5.74) is 3.85. The first-order valence-corrected chi connectivity index (χ1v) is 12.0. The molecule has 2 aliphatic heterocycles. The SMILES string of the molecule is Cc1onc(-c2ccccc2)c1C(=O)N1CCC(n2c([C@@H]3CCCO3)nc3cccnc32)CC1. The minimum Gasteiger partial charge on any atom is -0.370 e. The van der Waals surface area contributed by atoms with Crippen molar-refractivity contribution in [1.82, 2.24) is 24.6 Å². The van der Waals surface area contributed by atoms with E-state index in [-0.39, 0.29) is 18.1 Å². The van der Waals surface area contributed by atoms with Crippen LogP contribution in [0.1, 0.15) is 59.8 Å². The number of fused-ring (bicyclic) bond motifs is 1. The summed E-state index contributed by atoms with van der Waals surface area (Å²) in [5.74, 6) is 1.50. The van der Waals surface area contributed by atoms with Crippen molar-refractivity contribution < 1.29 is 14.1 Å². The summed E-state index contributed by atoms with van der Waals surface area (Å²) in [6.07, 6.45) is 5.53. The highest BCUT2D eigenvalue weighted by molar-refractivity contribution is 6.00. The van der Waals surface area contributed by atoms with Gasteiger partial charge in [0.05, 0.1) is 0 Å². The van der Waals surface area contributed by atoms with Crippen LogP contribution >= 0.6 is 0 Å². The number of pyridine rings is 1. The maximum Gasteiger partial charge on any atom is 0.259 e. The number of rotatable bonds is 4. The van der Waals surface area contributed by atoms with Crippen LogP contribution in [0, 0.1) is 6.92 Å². The van der Waals surface area contributed by atoms with Gasteiger partial charge in [0.25, 0.3) is 5.91 Å². The topological polar surface area (TPSA) is 86.3 Å². The molecule has 8 heteroatoms. The van der Waals surface area contributed by atoms with Gasteiger partial charge in [-0.1, -0.05) is 35.5 Å². The van der Waals surface area contributed by atoms with E-state index in [2.05, 4.69) is 14.7 Å². The molecule has 1 atom stereocenters. The molecule has 0 unspecified atom stereocenters. The number of carbonyl (C=O) groups excluding carboxylic acids is 1.